The SMILES string of the molecule is CN=C(NCCc1csc(C)n1)NCc1ccc([N+](=O)[O-])cc1.I. The molecule has 2 aromatic rings. The van der Waals surface area contributed by atoms with Crippen LogP contribution >= 0.6 is 35.3 Å². The highest BCUT2D eigenvalue weighted by atomic mass is 127. The number of aryl methyl sites for hydroxylation is 1. The molecule has 2 rings (SSSR count). The minimum atomic E-state index is -0.405. The van der Waals surface area contributed by atoms with Crippen molar-refractivity contribution in [3.63, 3.8) is 0 Å². The summed E-state index contributed by atoms with van der Waals surface area (Å²) in [5, 5.41) is 20.1. The molecule has 0 fully saturated rings. The number of thiazole rings is 1. The summed E-state index contributed by atoms with van der Waals surface area (Å²) < 4.78 is 0. The Kier molecular flexibility index (Phi) is 8.61. The highest BCUT2D eigenvalue weighted by molar-refractivity contribution is 14.0. The van der Waals surface area contributed by atoms with Gasteiger partial charge in [-0.1, -0.05) is 12.1 Å². The lowest BCUT2D eigenvalue weighted by atomic mass is 10.2. The predicted molar refractivity (Wildman–Crippen MR) is 107 cm³/mol. The van der Waals surface area contributed by atoms with Gasteiger partial charge in [-0.3, -0.25) is 15.1 Å². The van der Waals surface area contributed by atoms with E-state index in [2.05, 4.69) is 26.0 Å². The van der Waals surface area contributed by atoms with E-state index < -0.39 is 4.92 Å². The van der Waals surface area contributed by atoms with Gasteiger partial charge in [0.05, 0.1) is 15.6 Å². The van der Waals surface area contributed by atoms with Crippen molar-refractivity contribution < 1.29 is 4.92 Å². The number of nitrogens with one attached hydrogen (secondary N) is 2. The molecule has 0 spiro atoms. The Bertz CT molecular complexity index is 687. The van der Waals surface area contributed by atoms with Gasteiger partial charge in [-0.05, 0) is 12.5 Å². The molecule has 1 aromatic carbocycles. The van der Waals surface area contributed by atoms with Gasteiger partial charge in [0, 0.05) is 44.1 Å². The molecule has 1 heterocycles. The van der Waals surface area contributed by atoms with Crippen LogP contribution in [-0.4, -0.2) is 29.5 Å². The lowest BCUT2D eigenvalue weighted by Crippen LogP contribution is -2.37. The summed E-state index contributed by atoms with van der Waals surface area (Å²) in [6.07, 6.45) is 0.836. The third kappa shape index (κ3) is 6.40. The minimum absolute atomic E-state index is 0. The van der Waals surface area contributed by atoms with Crippen molar-refractivity contribution >= 4 is 47.0 Å². The zero-order chi connectivity index (χ0) is 16.7. The van der Waals surface area contributed by atoms with E-state index in [0.29, 0.717) is 12.5 Å². The number of aliphatic imine (C=N–C) groups is 1. The smallest absolute Gasteiger partial charge is 0.269 e. The van der Waals surface area contributed by atoms with Crippen LogP contribution in [0.4, 0.5) is 5.69 Å². The van der Waals surface area contributed by atoms with Crippen molar-refractivity contribution in [1.82, 2.24) is 15.6 Å². The summed E-state index contributed by atoms with van der Waals surface area (Å²) in [5.41, 5.74) is 2.12. The molecule has 0 aliphatic heterocycles. The first-order valence-corrected chi connectivity index (χ1v) is 8.05. The molecule has 2 N–H and O–H groups in total. The van der Waals surface area contributed by atoms with Crippen LogP contribution in [0.2, 0.25) is 0 Å². The molecule has 7 nitrogen and oxygen atoms in total. The van der Waals surface area contributed by atoms with Crippen LogP contribution in [0.1, 0.15) is 16.3 Å². The lowest BCUT2D eigenvalue weighted by molar-refractivity contribution is -0.384. The number of halogens is 1. The van der Waals surface area contributed by atoms with Crippen molar-refractivity contribution in [3.8, 4) is 0 Å². The Hall–Kier alpha value is -1.75. The molecule has 0 amide bonds. The molecular formula is C15H20IN5O2S. The van der Waals surface area contributed by atoms with Crippen molar-refractivity contribution in [3.05, 3.63) is 56.0 Å². The molecule has 0 atom stereocenters. The van der Waals surface area contributed by atoms with Crippen LogP contribution in [0.25, 0.3) is 0 Å². The van der Waals surface area contributed by atoms with Crippen LogP contribution in [0.5, 0.6) is 0 Å². The second kappa shape index (κ2) is 10.2. The maximum atomic E-state index is 10.6. The fraction of sp³-hybridized carbons (Fsp3) is 0.333. The number of nitrogens with zero attached hydrogens (tertiary/aromatic N) is 3. The number of hydrogen-bond acceptors (Lipinski definition) is 5. The van der Waals surface area contributed by atoms with Crippen molar-refractivity contribution in [1.29, 1.82) is 0 Å². The van der Waals surface area contributed by atoms with Gasteiger partial charge >= 0.3 is 0 Å². The van der Waals surface area contributed by atoms with E-state index in [1.165, 1.54) is 12.1 Å². The topological polar surface area (TPSA) is 92.5 Å². The average molecular weight is 461 g/mol. The van der Waals surface area contributed by atoms with Crippen LogP contribution in [-0.2, 0) is 13.0 Å². The van der Waals surface area contributed by atoms with Gasteiger partial charge in [-0.15, -0.1) is 35.3 Å². The van der Waals surface area contributed by atoms with E-state index in [1.807, 2.05) is 6.92 Å². The monoisotopic (exact) mass is 461 g/mol. The Morgan fingerprint density at radius 3 is 2.58 bits per heavy atom. The fourth-order valence-corrected chi connectivity index (χ4v) is 2.62. The molecule has 0 aliphatic rings. The molecule has 0 saturated heterocycles. The molecule has 0 radical (unpaired) electrons. The minimum Gasteiger partial charge on any atom is -0.356 e. The molecule has 9 heteroatoms. The Morgan fingerprint density at radius 2 is 2.04 bits per heavy atom. The van der Waals surface area contributed by atoms with Gasteiger partial charge < -0.3 is 10.6 Å². The summed E-state index contributed by atoms with van der Waals surface area (Å²) >= 11 is 1.65. The Labute approximate surface area is 161 Å². The third-order valence-corrected chi connectivity index (χ3v) is 3.99. The van der Waals surface area contributed by atoms with Gasteiger partial charge in [-0.25, -0.2) is 4.98 Å². The highest BCUT2D eigenvalue weighted by Gasteiger charge is 2.05. The summed E-state index contributed by atoms with van der Waals surface area (Å²) in [7, 11) is 1.71. The second-order valence-corrected chi connectivity index (χ2v) is 5.95. The number of rotatable bonds is 6. The number of benzene rings is 1. The first-order chi connectivity index (χ1) is 11.1. The van der Waals surface area contributed by atoms with Crippen molar-refractivity contribution in [2.24, 2.45) is 4.99 Å². The third-order valence-electron chi connectivity index (χ3n) is 3.17. The Balaban J connectivity index is 0.00000288. The van der Waals surface area contributed by atoms with E-state index in [-0.39, 0.29) is 29.7 Å². The Morgan fingerprint density at radius 1 is 1.33 bits per heavy atom. The van der Waals surface area contributed by atoms with E-state index >= 15 is 0 Å². The number of aromatic nitrogens is 1. The molecule has 130 valence electrons. The number of nitro groups is 1. The molecule has 24 heavy (non-hydrogen) atoms. The summed E-state index contributed by atoms with van der Waals surface area (Å²) in [6, 6.07) is 6.46. The number of non-ortho nitro benzene ring substituents is 1. The van der Waals surface area contributed by atoms with Crippen molar-refractivity contribution in [2.45, 2.75) is 19.9 Å². The number of hydrogen-bond donors (Lipinski definition) is 2. The fourth-order valence-electron chi connectivity index (χ4n) is 1.97. The van der Waals surface area contributed by atoms with E-state index in [1.54, 1.807) is 30.5 Å². The predicted octanol–water partition coefficient (Wildman–Crippen LogP) is 2.89. The van der Waals surface area contributed by atoms with Crippen LogP contribution < -0.4 is 10.6 Å². The summed E-state index contributed by atoms with van der Waals surface area (Å²) in [6.45, 7) is 3.28. The first kappa shape index (κ1) is 20.3. The van der Waals surface area contributed by atoms with Crippen LogP contribution in [0.3, 0.4) is 0 Å². The highest BCUT2D eigenvalue weighted by Crippen LogP contribution is 2.11. The maximum Gasteiger partial charge on any atom is 0.269 e. The quantitative estimate of drug-likeness (QED) is 0.227. The van der Waals surface area contributed by atoms with Gasteiger partial charge in [0.15, 0.2) is 5.96 Å². The molecular weight excluding hydrogens is 441 g/mol. The van der Waals surface area contributed by atoms with Crippen molar-refractivity contribution in [2.75, 3.05) is 13.6 Å². The van der Waals surface area contributed by atoms with Gasteiger partial charge in [0.25, 0.3) is 5.69 Å². The first-order valence-electron chi connectivity index (χ1n) is 7.17. The zero-order valence-electron chi connectivity index (χ0n) is 13.5. The number of guanidine groups is 1. The van der Waals surface area contributed by atoms with E-state index in [4.69, 9.17) is 0 Å². The van der Waals surface area contributed by atoms with Gasteiger partial charge in [-0.2, -0.15) is 0 Å². The normalized spacial score (nSPS) is 10.8. The molecule has 0 aliphatic carbocycles. The van der Waals surface area contributed by atoms with E-state index in [0.717, 1.165) is 29.2 Å². The molecule has 0 unspecified atom stereocenters. The maximum absolute atomic E-state index is 10.6. The van der Waals surface area contributed by atoms with Gasteiger partial charge in [0.2, 0.25) is 0 Å². The van der Waals surface area contributed by atoms with Gasteiger partial charge in [0.1, 0.15) is 0 Å². The summed E-state index contributed by atoms with van der Waals surface area (Å²) in [4.78, 5) is 18.8. The molecule has 0 saturated carbocycles. The second-order valence-electron chi connectivity index (χ2n) is 4.88. The molecule has 1 aromatic heterocycles. The lowest BCUT2D eigenvalue weighted by Gasteiger charge is -2.11. The van der Waals surface area contributed by atoms with E-state index in [9.17, 15) is 10.1 Å². The standard InChI is InChI=1S/C15H19N5O2S.HI/c1-11-19-13(10-23-11)7-8-17-15(16-2)18-9-12-3-5-14(6-4-12)20(21)22;/h3-6,10H,7-9H2,1-2H3,(H2,16,17,18);1H. The largest absolute Gasteiger partial charge is 0.356 e. The number of nitro benzene ring substituents is 1. The summed E-state index contributed by atoms with van der Waals surface area (Å²) in [5.74, 6) is 0.690. The zero-order valence-corrected chi connectivity index (χ0v) is 16.6. The average Bonchev–Trinajstić information content (AvgIpc) is 2.96. The van der Waals surface area contributed by atoms with Crippen LogP contribution in [0, 0.1) is 17.0 Å². The van der Waals surface area contributed by atoms with Crippen LogP contribution in [0.15, 0.2) is 34.6 Å². The molecule has 0 bridgehead atoms.